The van der Waals surface area contributed by atoms with E-state index in [1.807, 2.05) is 0 Å². The molecule has 0 saturated carbocycles. The molecule has 0 atom stereocenters. The Kier molecular flexibility index (Phi) is 7.15. The lowest BCUT2D eigenvalue weighted by molar-refractivity contribution is -0.114. The minimum absolute atomic E-state index is 0.0893. The number of benzene rings is 1. The summed E-state index contributed by atoms with van der Waals surface area (Å²) in [6, 6.07) is 7.85. The number of carbonyl (C=O) groups excluding carboxylic acids is 2. The van der Waals surface area contributed by atoms with Gasteiger partial charge in [-0.2, -0.15) is 0 Å². The first-order valence-corrected chi connectivity index (χ1v) is 11.9. The number of hydrogen-bond donors (Lipinski definition) is 2. The predicted octanol–water partition coefficient (Wildman–Crippen LogP) is 1.48. The summed E-state index contributed by atoms with van der Waals surface area (Å²) < 4.78 is 29.6. The minimum atomic E-state index is -3.71. The Balaban J connectivity index is 1.57. The van der Waals surface area contributed by atoms with Crippen LogP contribution in [0.2, 0.25) is 0 Å². The van der Waals surface area contributed by atoms with Crippen molar-refractivity contribution >= 4 is 27.5 Å². The lowest BCUT2D eigenvalue weighted by Crippen LogP contribution is -2.43. The summed E-state index contributed by atoms with van der Waals surface area (Å²) in [5, 5.41) is 2.63. The van der Waals surface area contributed by atoms with Crippen LogP contribution < -0.4 is 15.6 Å². The highest BCUT2D eigenvalue weighted by Crippen LogP contribution is 2.22. The van der Waals surface area contributed by atoms with E-state index in [4.69, 9.17) is 0 Å². The fraction of sp³-hybridized carbons (Fsp3) is 0.409. The molecule has 0 unspecified atom stereocenters. The van der Waals surface area contributed by atoms with E-state index >= 15 is 0 Å². The molecule has 10 heteroatoms. The number of carbonyl (C=O) groups is 2. The molecule has 0 bridgehead atoms. The van der Waals surface area contributed by atoms with Crippen molar-refractivity contribution in [1.29, 1.82) is 0 Å². The summed E-state index contributed by atoms with van der Waals surface area (Å²) in [5.41, 5.74) is 0.896. The van der Waals surface area contributed by atoms with Gasteiger partial charge in [-0.25, -0.2) is 13.1 Å². The van der Waals surface area contributed by atoms with Crippen molar-refractivity contribution < 1.29 is 18.0 Å². The molecule has 1 aromatic heterocycles. The minimum Gasteiger partial charge on any atom is -0.338 e. The maximum Gasteiger partial charge on any atom is 0.263 e. The number of nitrogens with zero attached hydrogens (tertiary/aromatic N) is 2. The van der Waals surface area contributed by atoms with Crippen LogP contribution in [0.15, 0.2) is 46.2 Å². The van der Waals surface area contributed by atoms with E-state index in [0.717, 1.165) is 0 Å². The van der Waals surface area contributed by atoms with Gasteiger partial charge in [0.25, 0.3) is 11.5 Å². The number of sulfonamides is 1. The zero-order valence-corrected chi connectivity index (χ0v) is 19.2. The molecule has 172 valence electrons. The van der Waals surface area contributed by atoms with Gasteiger partial charge in [-0.1, -0.05) is 0 Å². The van der Waals surface area contributed by atoms with Crippen molar-refractivity contribution in [2.24, 2.45) is 13.0 Å². The molecule has 32 heavy (non-hydrogen) atoms. The van der Waals surface area contributed by atoms with Crippen LogP contribution in [0.3, 0.4) is 0 Å². The van der Waals surface area contributed by atoms with Crippen molar-refractivity contribution in [2.75, 3.05) is 25.0 Å². The first-order chi connectivity index (χ1) is 15.1. The number of rotatable bonds is 6. The number of nitrogens with one attached hydrogen (secondary N) is 2. The van der Waals surface area contributed by atoms with Gasteiger partial charge < -0.3 is 14.8 Å². The molecule has 3 rings (SSSR count). The highest BCUT2D eigenvalue weighted by Gasteiger charge is 2.27. The Morgan fingerprint density at radius 2 is 1.84 bits per heavy atom. The third kappa shape index (κ3) is 5.43. The molecular formula is C22H28N4O5S. The van der Waals surface area contributed by atoms with Crippen LogP contribution in [0.1, 0.15) is 35.7 Å². The van der Waals surface area contributed by atoms with Crippen molar-refractivity contribution in [1.82, 2.24) is 14.2 Å². The molecule has 9 nitrogen and oxygen atoms in total. The molecular weight excluding hydrogens is 432 g/mol. The van der Waals surface area contributed by atoms with Gasteiger partial charge in [-0.15, -0.1) is 0 Å². The summed E-state index contributed by atoms with van der Waals surface area (Å²) in [5.74, 6) is -0.429. The normalized spacial score (nSPS) is 14.9. The zero-order chi connectivity index (χ0) is 23.5. The third-order valence-electron chi connectivity index (χ3n) is 5.60. The second kappa shape index (κ2) is 9.66. The Morgan fingerprint density at radius 1 is 1.16 bits per heavy atom. The lowest BCUT2D eigenvalue weighted by Gasteiger charge is -2.32. The largest absolute Gasteiger partial charge is 0.338 e. The number of piperidine rings is 1. The van der Waals surface area contributed by atoms with Crippen LogP contribution in [0, 0.1) is 12.8 Å². The van der Waals surface area contributed by atoms with Gasteiger partial charge in [0.1, 0.15) is 5.56 Å². The number of aromatic nitrogens is 1. The number of pyridine rings is 1. The number of likely N-dealkylation sites (tertiary alicyclic amines) is 1. The summed E-state index contributed by atoms with van der Waals surface area (Å²) in [6.07, 6.45) is 2.89. The quantitative estimate of drug-likeness (QED) is 0.677. The van der Waals surface area contributed by atoms with Crippen LogP contribution in [-0.4, -0.2) is 49.3 Å². The van der Waals surface area contributed by atoms with Crippen molar-refractivity contribution in [3.63, 3.8) is 0 Å². The fourth-order valence-corrected chi connectivity index (χ4v) is 5.15. The van der Waals surface area contributed by atoms with Crippen molar-refractivity contribution in [2.45, 2.75) is 31.6 Å². The van der Waals surface area contributed by atoms with E-state index < -0.39 is 10.0 Å². The molecule has 2 heterocycles. The molecule has 1 fully saturated rings. The molecule has 1 aromatic carbocycles. The van der Waals surface area contributed by atoms with Crippen LogP contribution in [0.5, 0.6) is 0 Å². The van der Waals surface area contributed by atoms with Gasteiger partial charge in [0.15, 0.2) is 0 Å². The van der Waals surface area contributed by atoms with Crippen molar-refractivity contribution in [3.8, 4) is 0 Å². The topological polar surface area (TPSA) is 118 Å². The van der Waals surface area contributed by atoms with E-state index in [1.165, 1.54) is 23.6 Å². The summed E-state index contributed by atoms with van der Waals surface area (Å²) in [7, 11) is -2.10. The van der Waals surface area contributed by atoms with E-state index in [9.17, 15) is 22.8 Å². The Hall–Kier alpha value is -2.98. The molecule has 1 aliphatic heterocycles. The Morgan fingerprint density at radius 3 is 2.47 bits per heavy atom. The third-order valence-corrected chi connectivity index (χ3v) is 7.19. The first-order valence-electron chi connectivity index (χ1n) is 10.4. The molecule has 0 spiro atoms. The number of aryl methyl sites for hydroxylation is 2. The van der Waals surface area contributed by atoms with Crippen LogP contribution >= 0.6 is 0 Å². The predicted molar refractivity (Wildman–Crippen MR) is 121 cm³/mol. The van der Waals surface area contributed by atoms with E-state index in [2.05, 4.69) is 10.0 Å². The van der Waals surface area contributed by atoms with E-state index in [1.54, 1.807) is 43.3 Å². The Bertz CT molecular complexity index is 1180. The molecule has 1 aliphatic rings. The van der Waals surface area contributed by atoms with E-state index in [0.29, 0.717) is 37.2 Å². The lowest BCUT2D eigenvalue weighted by atomic mass is 9.97. The standard InChI is InChI=1S/C22H28N4O5S/c1-15-13-18(24-16(2)27)6-7-20(15)32(30,31)23-14-17-8-11-26(12-9-17)22(29)19-5-4-10-25(3)21(19)28/h4-7,10,13,17,23H,8-9,11-12,14H2,1-3H3,(H,24,27). The molecule has 2 N–H and O–H groups in total. The molecule has 1 saturated heterocycles. The molecule has 0 radical (unpaired) electrons. The maximum absolute atomic E-state index is 12.8. The highest BCUT2D eigenvalue weighted by atomic mass is 32.2. The van der Waals surface area contributed by atoms with Gasteiger partial charge in [-0.3, -0.25) is 14.4 Å². The smallest absolute Gasteiger partial charge is 0.263 e. The number of hydrogen-bond acceptors (Lipinski definition) is 5. The number of anilines is 1. The maximum atomic E-state index is 12.8. The monoisotopic (exact) mass is 460 g/mol. The first kappa shape index (κ1) is 23.7. The highest BCUT2D eigenvalue weighted by molar-refractivity contribution is 7.89. The van der Waals surface area contributed by atoms with Gasteiger partial charge in [0.2, 0.25) is 15.9 Å². The van der Waals surface area contributed by atoms with Gasteiger partial charge in [0, 0.05) is 45.5 Å². The SMILES string of the molecule is CC(=O)Nc1ccc(S(=O)(=O)NCC2CCN(C(=O)c3cccn(C)c3=O)CC2)c(C)c1. The van der Waals surface area contributed by atoms with Gasteiger partial charge in [0.05, 0.1) is 4.90 Å². The summed E-state index contributed by atoms with van der Waals surface area (Å²) >= 11 is 0. The molecule has 0 aliphatic carbocycles. The van der Waals surface area contributed by atoms with Gasteiger partial charge >= 0.3 is 0 Å². The second-order valence-corrected chi connectivity index (χ2v) is 9.82. The zero-order valence-electron chi connectivity index (χ0n) is 18.4. The van der Waals surface area contributed by atoms with Crippen LogP contribution in [0.25, 0.3) is 0 Å². The molecule has 2 amide bonds. The van der Waals surface area contributed by atoms with Crippen LogP contribution in [-0.2, 0) is 21.9 Å². The summed E-state index contributed by atoms with van der Waals surface area (Å²) in [4.78, 5) is 37.9. The average molecular weight is 461 g/mol. The second-order valence-electron chi connectivity index (χ2n) is 8.09. The van der Waals surface area contributed by atoms with Crippen molar-refractivity contribution in [3.05, 3.63) is 58.0 Å². The summed E-state index contributed by atoms with van der Waals surface area (Å²) in [6.45, 7) is 4.27. The average Bonchev–Trinajstić information content (AvgIpc) is 2.73. The van der Waals surface area contributed by atoms with Gasteiger partial charge in [-0.05, 0) is 61.6 Å². The Labute approximate surface area is 187 Å². The number of amides is 2. The molecule has 2 aromatic rings. The van der Waals surface area contributed by atoms with E-state index in [-0.39, 0.29) is 40.3 Å². The van der Waals surface area contributed by atoms with Crippen LogP contribution in [0.4, 0.5) is 5.69 Å². The fourth-order valence-electron chi connectivity index (χ4n) is 3.81.